The minimum Gasteiger partial charge on any atom is -0.497 e. The highest BCUT2D eigenvalue weighted by atomic mass is 32.2. The van der Waals surface area contributed by atoms with Crippen LogP contribution in [0.3, 0.4) is 0 Å². The van der Waals surface area contributed by atoms with Crippen molar-refractivity contribution < 1.29 is 18.7 Å². The summed E-state index contributed by atoms with van der Waals surface area (Å²) in [6.45, 7) is 0.702. The number of ether oxygens (including phenoxy) is 2. The molecule has 0 radical (unpaired) electrons. The Morgan fingerprint density at radius 2 is 1.94 bits per heavy atom. The van der Waals surface area contributed by atoms with Crippen molar-refractivity contribution in [2.45, 2.75) is 24.0 Å². The number of carbonyl (C=O) groups is 1. The van der Waals surface area contributed by atoms with Gasteiger partial charge >= 0.3 is 0 Å². The molecule has 8 nitrogen and oxygen atoms in total. The first-order valence-electron chi connectivity index (χ1n) is 11.4. The van der Waals surface area contributed by atoms with Crippen LogP contribution in [0.5, 0.6) is 11.5 Å². The van der Waals surface area contributed by atoms with Gasteiger partial charge in [0.05, 0.1) is 32.3 Å². The van der Waals surface area contributed by atoms with E-state index < -0.39 is 0 Å². The fourth-order valence-corrected chi connectivity index (χ4v) is 5.27. The molecule has 1 amide bonds. The number of hydrogen-bond donors (Lipinski definition) is 0. The van der Waals surface area contributed by atoms with Crippen molar-refractivity contribution in [2.24, 2.45) is 0 Å². The van der Waals surface area contributed by atoms with Gasteiger partial charge in [-0.3, -0.25) is 9.36 Å². The topological polar surface area (TPSA) is 82.6 Å². The van der Waals surface area contributed by atoms with Crippen molar-refractivity contribution in [2.75, 3.05) is 26.5 Å². The Labute approximate surface area is 207 Å². The van der Waals surface area contributed by atoms with Crippen molar-refractivity contribution >= 4 is 17.7 Å². The highest BCUT2D eigenvalue weighted by Gasteiger charge is 2.32. The summed E-state index contributed by atoms with van der Waals surface area (Å²) in [7, 11) is 3.29. The summed E-state index contributed by atoms with van der Waals surface area (Å²) in [5.74, 6) is 3.00. The van der Waals surface area contributed by atoms with Gasteiger partial charge in [-0.15, -0.1) is 10.2 Å². The first-order valence-corrected chi connectivity index (χ1v) is 12.4. The third-order valence-corrected chi connectivity index (χ3v) is 7.00. The zero-order valence-corrected chi connectivity index (χ0v) is 20.4. The molecule has 0 aliphatic carbocycles. The molecule has 2 aromatic heterocycles. The minimum absolute atomic E-state index is 0.0459. The van der Waals surface area contributed by atoms with E-state index in [9.17, 15) is 4.79 Å². The molecule has 180 valence electrons. The summed E-state index contributed by atoms with van der Waals surface area (Å²) >= 11 is 1.37. The maximum absolute atomic E-state index is 13.4. The molecule has 9 heteroatoms. The van der Waals surface area contributed by atoms with Crippen molar-refractivity contribution in [3.8, 4) is 28.8 Å². The monoisotopic (exact) mass is 490 g/mol. The van der Waals surface area contributed by atoms with Gasteiger partial charge in [-0.25, -0.2) is 0 Å². The Balaban J connectivity index is 1.38. The average molecular weight is 491 g/mol. The number of furan rings is 1. The molecule has 1 saturated heterocycles. The SMILES string of the molecule is COc1ccc(OC)c(C2CCCN2C(=O)CSc2nnc(-c3ccco3)n2-c2ccccc2)c1. The van der Waals surface area contributed by atoms with Crippen molar-refractivity contribution in [1.82, 2.24) is 19.7 Å². The Hall–Kier alpha value is -3.72. The second kappa shape index (κ2) is 10.3. The molecule has 35 heavy (non-hydrogen) atoms. The summed E-state index contributed by atoms with van der Waals surface area (Å²) < 4.78 is 18.5. The van der Waals surface area contributed by atoms with E-state index in [-0.39, 0.29) is 17.7 Å². The van der Waals surface area contributed by atoms with Crippen LogP contribution in [0.15, 0.2) is 76.5 Å². The number of carbonyl (C=O) groups excluding carboxylic acids is 1. The quantitative estimate of drug-likeness (QED) is 0.322. The van der Waals surface area contributed by atoms with Gasteiger partial charge in [0, 0.05) is 17.8 Å². The second-order valence-electron chi connectivity index (χ2n) is 8.10. The normalized spacial score (nSPS) is 15.4. The van der Waals surface area contributed by atoms with E-state index >= 15 is 0 Å². The van der Waals surface area contributed by atoms with Gasteiger partial charge in [-0.2, -0.15) is 0 Å². The van der Waals surface area contributed by atoms with Gasteiger partial charge in [-0.1, -0.05) is 30.0 Å². The van der Waals surface area contributed by atoms with E-state index in [1.807, 2.05) is 70.1 Å². The molecule has 1 unspecified atom stereocenters. The number of para-hydroxylation sites is 1. The number of nitrogens with zero attached hydrogens (tertiary/aromatic N) is 4. The van der Waals surface area contributed by atoms with Gasteiger partial charge in [-0.05, 0) is 55.3 Å². The summed E-state index contributed by atoms with van der Waals surface area (Å²) in [6.07, 6.45) is 3.42. The number of aromatic nitrogens is 3. The molecule has 4 aromatic rings. The molecule has 5 rings (SSSR count). The zero-order valence-electron chi connectivity index (χ0n) is 19.6. The minimum atomic E-state index is -0.0566. The molecule has 0 bridgehead atoms. The molecular weight excluding hydrogens is 464 g/mol. The van der Waals surface area contributed by atoms with Crippen LogP contribution in [0, 0.1) is 0 Å². The van der Waals surface area contributed by atoms with Gasteiger partial charge in [0.15, 0.2) is 10.9 Å². The molecule has 1 atom stereocenters. The summed E-state index contributed by atoms with van der Waals surface area (Å²) in [5.41, 5.74) is 1.87. The molecule has 0 spiro atoms. The predicted octanol–water partition coefficient (Wildman–Crippen LogP) is 5.00. The van der Waals surface area contributed by atoms with E-state index in [4.69, 9.17) is 13.9 Å². The smallest absolute Gasteiger partial charge is 0.233 e. The predicted molar refractivity (Wildman–Crippen MR) is 133 cm³/mol. The van der Waals surface area contributed by atoms with Gasteiger partial charge in [0.2, 0.25) is 11.7 Å². The molecule has 1 aliphatic rings. The molecule has 1 aliphatic heterocycles. The van der Waals surface area contributed by atoms with E-state index in [1.165, 1.54) is 11.8 Å². The summed E-state index contributed by atoms with van der Waals surface area (Å²) in [4.78, 5) is 15.3. The molecule has 0 saturated carbocycles. The Morgan fingerprint density at radius 1 is 1.09 bits per heavy atom. The number of benzene rings is 2. The Morgan fingerprint density at radius 3 is 2.69 bits per heavy atom. The lowest BCUT2D eigenvalue weighted by molar-refractivity contribution is -0.129. The van der Waals surface area contributed by atoms with Gasteiger partial charge in [0.1, 0.15) is 11.5 Å². The standard InChI is InChI=1S/C26H26N4O4S/c1-32-19-12-13-22(33-2)20(16-19)21-10-6-14-29(21)24(31)17-35-26-28-27-25(23-11-7-15-34-23)30(26)18-8-4-3-5-9-18/h3-5,7-9,11-13,15-16,21H,6,10,14,17H2,1-2H3. The van der Waals surface area contributed by atoms with Crippen molar-refractivity contribution in [3.63, 3.8) is 0 Å². The fourth-order valence-electron chi connectivity index (χ4n) is 4.44. The number of methoxy groups -OCH3 is 2. The largest absolute Gasteiger partial charge is 0.497 e. The zero-order chi connectivity index (χ0) is 24.2. The van der Waals surface area contributed by atoms with E-state index in [0.29, 0.717) is 23.3 Å². The van der Waals surface area contributed by atoms with E-state index in [2.05, 4.69) is 10.2 Å². The maximum Gasteiger partial charge on any atom is 0.233 e. The second-order valence-corrected chi connectivity index (χ2v) is 9.04. The number of amides is 1. The summed E-state index contributed by atoms with van der Waals surface area (Å²) in [6, 6.07) is 19.2. The maximum atomic E-state index is 13.4. The lowest BCUT2D eigenvalue weighted by Gasteiger charge is -2.26. The first-order chi connectivity index (χ1) is 17.2. The van der Waals surface area contributed by atoms with Crippen LogP contribution in [-0.4, -0.2) is 52.1 Å². The number of thioether (sulfide) groups is 1. The first kappa shape index (κ1) is 23.0. The van der Waals surface area contributed by atoms with Crippen LogP contribution in [0.2, 0.25) is 0 Å². The highest BCUT2D eigenvalue weighted by Crippen LogP contribution is 2.39. The fraction of sp³-hybridized carbons (Fsp3) is 0.269. The lowest BCUT2D eigenvalue weighted by atomic mass is 10.0. The van der Waals surface area contributed by atoms with Crippen molar-refractivity contribution in [3.05, 3.63) is 72.5 Å². The molecule has 0 N–H and O–H groups in total. The molecular formula is C26H26N4O4S. The van der Waals surface area contributed by atoms with Gasteiger partial charge < -0.3 is 18.8 Å². The van der Waals surface area contributed by atoms with Crippen LogP contribution < -0.4 is 9.47 Å². The number of rotatable bonds is 8. The summed E-state index contributed by atoms with van der Waals surface area (Å²) in [5, 5.41) is 9.37. The van der Waals surface area contributed by atoms with Crippen LogP contribution in [0.4, 0.5) is 0 Å². The Bertz CT molecular complexity index is 1290. The van der Waals surface area contributed by atoms with Crippen LogP contribution in [0.1, 0.15) is 24.4 Å². The van der Waals surface area contributed by atoms with Gasteiger partial charge in [0.25, 0.3) is 0 Å². The molecule has 2 aromatic carbocycles. The number of hydrogen-bond acceptors (Lipinski definition) is 7. The van der Waals surface area contributed by atoms with Crippen LogP contribution >= 0.6 is 11.8 Å². The van der Waals surface area contributed by atoms with Crippen LogP contribution in [-0.2, 0) is 4.79 Å². The Kier molecular flexibility index (Phi) is 6.76. The lowest BCUT2D eigenvalue weighted by Crippen LogP contribution is -2.32. The highest BCUT2D eigenvalue weighted by molar-refractivity contribution is 7.99. The number of likely N-dealkylation sites (tertiary alicyclic amines) is 1. The average Bonchev–Trinajstić information content (AvgIpc) is 3.67. The third kappa shape index (κ3) is 4.64. The third-order valence-electron chi connectivity index (χ3n) is 6.08. The molecule has 1 fully saturated rings. The van der Waals surface area contributed by atoms with Crippen molar-refractivity contribution in [1.29, 1.82) is 0 Å². The molecule has 3 heterocycles. The van der Waals surface area contributed by atoms with Crippen LogP contribution in [0.25, 0.3) is 17.3 Å². The van der Waals surface area contributed by atoms with E-state index in [1.54, 1.807) is 20.5 Å². The van der Waals surface area contributed by atoms with E-state index in [0.717, 1.165) is 35.6 Å².